The monoisotopic (exact) mass is 261 g/mol. The Labute approximate surface area is 113 Å². The number of ether oxygens (including phenoxy) is 1. The molecule has 2 saturated heterocycles. The molecule has 2 bridgehead atoms. The van der Waals surface area contributed by atoms with Crippen molar-refractivity contribution in [3.63, 3.8) is 0 Å². The van der Waals surface area contributed by atoms with Gasteiger partial charge in [-0.05, 0) is 18.1 Å². The van der Waals surface area contributed by atoms with Crippen molar-refractivity contribution in [2.75, 3.05) is 20.1 Å². The summed E-state index contributed by atoms with van der Waals surface area (Å²) in [5, 5.41) is 2.74. The lowest BCUT2D eigenvalue weighted by atomic mass is 10.00. The quantitative estimate of drug-likeness (QED) is 0.856. The number of nitrogens with zero attached hydrogens (tertiary/aromatic N) is 2. The standard InChI is InChI=1S/C14H19N3O2/c1-15-14(18)12-5-11-8-17(9-13(12)19-11)7-10-3-2-4-16-6-10/h2-4,6,11-13H,5,7-9H2,1H3,(H,15,18)/t11-,12-,13+/m0/s1. The van der Waals surface area contributed by atoms with Crippen molar-refractivity contribution in [2.24, 2.45) is 5.92 Å². The number of carbonyl (C=O) groups is 1. The van der Waals surface area contributed by atoms with Gasteiger partial charge < -0.3 is 10.1 Å². The van der Waals surface area contributed by atoms with Crippen LogP contribution in [0.2, 0.25) is 0 Å². The van der Waals surface area contributed by atoms with E-state index >= 15 is 0 Å². The average molecular weight is 261 g/mol. The maximum atomic E-state index is 11.8. The first-order chi connectivity index (χ1) is 9.26. The van der Waals surface area contributed by atoms with Crippen molar-refractivity contribution < 1.29 is 9.53 Å². The van der Waals surface area contributed by atoms with Gasteiger partial charge in [0.15, 0.2) is 0 Å². The number of fused-ring (bicyclic) bond motifs is 2. The summed E-state index contributed by atoms with van der Waals surface area (Å²) in [7, 11) is 1.69. The minimum absolute atomic E-state index is 0.00824. The number of rotatable bonds is 3. The summed E-state index contributed by atoms with van der Waals surface area (Å²) in [5.41, 5.74) is 1.21. The molecule has 3 heterocycles. The minimum atomic E-state index is 0.00824. The molecule has 0 aliphatic carbocycles. The number of morpholine rings is 1. The second-order valence-electron chi connectivity index (χ2n) is 5.31. The van der Waals surface area contributed by atoms with Crippen molar-refractivity contribution in [3.8, 4) is 0 Å². The molecule has 1 N–H and O–H groups in total. The van der Waals surface area contributed by atoms with Crippen molar-refractivity contribution in [2.45, 2.75) is 25.2 Å². The number of amides is 1. The molecule has 19 heavy (non-hydrogen) atoms. The molecule has 2 aliphatic heterocycles. The van der Waals surface area contributed by atoms with Gasteiger partial charge in [-0.25, -0.2) is 0 Å². The normalized spacial score (nSPS) is 30.3. The summed E-state index contributed by atoms with van der Waals surface area (Å²) < 4.78 is 5.88. The van der Waals surface area contributed by atoms with Crippen LogP contribution in [0.25, 0.3) is 0 Å². The van der Waals surface area contributed by atoms with Crippen LogP contribution in [0.5, 0.6) is 0 Å². The summed E-state index contributed by atoms with van der Waals surface area (Å²) in [6.07, 6.45) is 4.75. The topological polar surface area (TPSA) is 54.5 Å². The number of hydrogen-bond acceptors (Lipinski definition) is 4. The van der Waals surface area contributed by atoms with E-state index in [-0.39, 0.29) is 24.0 Å². The Bertz CT molecular complexity index is 451. The zero-order chi connectivity index (χ0) is 13.2. The summed E-state index contributed by atoms with van der Waals surface area (Å²) >= 11 is 0. The fourth-order valence-electron chi connectivity index (χ4n) is 3.08. The van der Waals surface area contributed by atoms with Gasteiger partial charge in [0, 0.05) is 39.1 Å². The van der Waals surface area contributed by atoms with Gasteiger partial charge in [0.05, 0.1) is 18.1 Å². The second kappa shape index (κ2) is 5.27. The first kappa shape index (κ1) is 12.6. The summed E-state index contributed by atoms with van der Waals surface area (Å²) in [6, 6.07) is 4.04. The van der Waals surface area contributed by atoms with Gasteiger partial charge >= 0.3 is 0 Å². The predicted octanol–water partition coefficient (Wildman–Crippen LogP) is 0.417. The van der Waals surface area contributed by atoms with E-state index in [2.05, 4.69) is 21.3 Å². The van der Waals surface area contributed by atoms with Crippen molar-refractivity contribution >= 4 is 5.91 Å². The Hall–Kier alpha value is -1.46. The molecule has 1 aromatic heterocycles. The van der Waals surface area contributed by atoms with E-state index in [0.717, 1.165) is 26.1 Å². The molecule has 2 aliphatic rings. The molecule has 0 spiro atoms. The number of likely N-dealkylation sites (tertiary alicyclic amines) is 1. The summed E-state index contributed by atoms with van der Waals surface area (Å²) in [5.74, 6) is 0.115. The molecule has 3 atom stereocenters. The van der Waals surface area contributed by atoms with Crippen molar-refractivity contribution in [1.82, 2.24) is 15.2 Å². The molecule has 2 fully saturated rings. The van der Waals surface area contributed by atoms with Gasteiger partial charge in [-0.15, -0.1) is 0 Å². The SMILES string of the molecule is CNC(=O)[C@H]1C[C@H]2CN(Cc3cccnc3)C[C@H]1O2. The van der Waals surface area contributed by atoms with Crippen LogP contribution in [0.1, 0.15) is 12.0 Å². The number of carbonyl (C=O) groups excluding carboxylic acids is 1. The predicted molar refractivity (Wildman–Crippen MR) is 70.3 cm³/mol. The number of aromatic nitrogens is 1. The van der Waals surface area contributed by atoms with Crippen LogP contribution in [0, 0.1) is 5.92 Å². The lowest BCUT2D eigenvalue weighted by Crippen LogP contribution is -2.44. The lowest BCUT2D eigenvalue weighted by Gasteiger charge is -2.32. The molecule has 0 aromatic carbocycles. The van der Waals surface area contributed by atoms with Crippen molar-refractivity contribution in [3.05, 3.63) is 30.1 Å². The molecular formula is C14H19N3O2. The molecule has 5 heteroatoms. The summed E-state index contributed by atoms with van der Waals surface area (Å²) in [6.45, 7) is 2.60. The second-order valence-corrected chi connectivity index (χ2v) is 5.31. The lowest BCUT2D eigenvalue weighted by molar-refractivity contribution is -0.127. The molecule has 0 radical (unpaired) electrons. The van der Waals surface area contributed by atoms with E-state index < -0.39 is 0 Å². The van der Waals surface area contributed by atoms with Gasteiger partial charge in [0.2, 0.25) is 5.91 Å². The number of pyridine rings is 1. The van der Waals surface area contributed by atoms with Crippen LogP contribution in [0.4, 0.5) is 0 Å². The molecule has 1 amide bonds. The first-order valence-corrected chi connectivity index (χ1v) is 6.74. The van der Waals surface area contributed by atoms with Crippen LogP contribution in [0.3, 0.4) is 0 Å². The van der Waals surface area contributed by atoms with Crippen molar-refractivity contribution in [1.29, 1.82) is 0 Å². The number of hydrogen-bond donors (Lipinski definition) is 1. The fraction of sp³-hybridized carbons (Fsp3) is 0.571. The van der Waals surface area contributed by atoms with Gasteiger partial charge in [-0.1, -0.05) is 6.07 Å². The fourth-order valence-corrected chi connectivity index (χ4v) is 3.08. The average Bonchev–Trinajstić information content (AvgIpc) is 2.74. The Balaban J connectivity index is 1.64. The maximum Gasteiger partial charge on any atom is 0.225 e. The van der Waals surface area contributed by atoms with E-state index in [1.807, 2.05) is 12.3 Å². The van der Waals surface area contributed by atoms with Crippen LogP contribution >= 0.6 is 0 Å². The zero-order valence-electron chi connectivity index (χ0n) is 11.1. The highest BCUT2D eigenvalue weighted by molar-refractivity contribution is 5.79. The van der Waals surface area contributed by atoms with E-state index in [1.54, 1.807) is 13.2 Å². The highest BCUT2D eigenvalue weighted by atomic mass is 16.5. The van der Waals surface area contributed by atoms with E-state index in [9.17, 15) is 4.79 Å². The molecule has 3 rings (SSSR count). The highest BCUT2D eigenvalue weighted by Crippen LogP contribution is 2.32. The van der Waals surface area contributed by atoms with Gasteiger partial charge in [-0.3, -0.25) is 14.7 Å². The Kier molecular flexibility index (Phi) is 3.48. The third kappa shape index (κ3) is 2.62. The maximum absolute atomic E-state index is 11.8. The smallest absolute Gasteiger partial charge is 0.225 e. The minimum Gasteiger partial charge on any atom is -0.371 e. The zero-order valence-corrected chi connectivity index (χ0v) is 11.1. The van der Waals surface area contributed by atoms with Gasteiger partial charge in [0.25, 0.3) is 0 Å². The van der Waals surface area contributed by atoms with Gasteiger partial charge in [0.1, 0.15) is 0 Å². The highest BCUT2D eigenvalue weighted by Gasteiger charge is 2.44. The molecular weight excluding hydrogens is 242 g/mol. The Morgan fingerprint density at radius 2 is 2.47 bits per heavy atom. The van der Waals surface area contributed by atoms with Gasteiger partial charge in [-0.2, -0.15) is 0 Å². The Morgan fingerprint density at radius 1 is 1.58 bits per heavy atom. The van der Waals surface area contributed by atoms with E-state index in [1.165, 1.54) is 5.56 Å². The van der Waals surface area contributed by atoms with Crippen LogP contribution < -0.4 is 5.32 Å². The molecule has 102 valence electrons. The van der Waals surface area contributed by atoms with E-state index in [4.69, 9.17) is 4.74 Å². The van der Waals surface area contributed by atoms with E-state index in [0.29, 0.717) is 0 Å². The molecule has 0 saturated carbocycles. The summed E-state index contributed by atoms with van der Waals surface area (Å²) in [4.78, 5) is 18.3. The largest absolute Gasteiger partial charge is 0.371 e. The van der Waals surface area contributed by atoms with Crippen LogP contribution in [-0.2, 0) is 16.1 Å². The number of nitrogens with one attached hydrogen (secondary N) is 1. The third-order valence-corrected chi connectivity index (χ3v) is 3.94. The van der Waals surface area contributed by atoms with Crippen LogP contribution in [0.15, 0.2) is 24.5 Å². The first-order valence-electron chi connectivity index (χ1n) is 6.74. The molecule has 1 aromatic rings. The van der Waals surface area contributed by atoms with Crippen LogP contribution in [-0.4, -0.2) is 48.1 Å². The Morgan fingerprint density at radius 3 is 3.21 bits per heavy atom. The third-order valence-electron chi connectivity index (χ3n) is 3.94. The molecule has 5 nitrogen and oxygen atoms in total. The molecule has 0 unspecified atom stereocenters.